The van der Waals surface area contributed by atoms with E-state index in [-0.39, 0.29) is 6.29 Å². The number of hydrogen-bond acceptors (Lipinski definition) is 7. The highest BCUT2D eigenvalue weighted by molar-refractivity contribution is 5.83. The molecule has 0 aliphatic carbocycles. The number of rotatable bonds is 13. The van der Waals surface area contributed by atoms with Crippen LogP contribution in [-0.2, 0) is 33.2 Å². The van der Waals surface area contributed by atoms with Gasteiger partial charge in [-0.1, -0.05) is 0 Å². The molecule has 0 spiro atoms. The van der Waals surface area contributed by atoms with E-state index in [9.17, 15) is 4.79 Å². The summed E-state index contributed by atoms with van der Waals surface area (Å²) in [6.07, 6.45) is -3.03. The van der Waals surface area contributed by atoms with E-state index in [1.54, 1.807) is 27.7 Å². The van der Waals surface area contributed by atoms with Crippen molar-refractivity contribution in [1.29, 1.82) is 0 Å². The standard InChI is InChI=1S/C15H28O8/c1-8-18-10(3)20-12(5)22-14(7)23-13(6)21-11(4)19-9(2)15(16)17/h10-14H,2,8H2,1,3-7H3,(H,16,17). The van der Waals surface area contributed by atoms with Gasteiger partial charge in [0, 0.05) is 6.61 Å². The van der Waals surface area contributed by atoms with Crippen LogP contribution in [0.15, 0.2) is 12.3 Å². The van der Waals surface area contributed by atoms with E-state index in [0.29, 0.717) is 6.61 Å². The third-order valence-electron chi connectivity index (χ3n) is 2.48. The molecule has 8 nitrogen and oxygen atoms in total. The highest BCUT2D eigenvalue weighted by Gasteiger charge is 2.18. The first kappa shape index (κ1) is 21.8. The van der Waals surface area contributed by atoms with Crippen molar-refractivity contribution in [2.45, 2.75) is 73.0 Å². The van der Waals surface area contributed by atoms with Gasteiger partial charge in [0.05, 0.1) is 0 Å². The molecule has 0 saturated heterocycles. The van der Waals surface area contributed by atoms with Gasteiger partial charge in [-0.3, -0.25) is 0 Å². The lowest BCUT2D eigenvalue weighted by Gasteiger charge is -2.26. The van der Waals surface area contributed by atoms with Crippen molar-refractivity contribution >= 4 is 5.97 Å². The SMILES string of the molecule is C=C(OC(C)OC(C)OC(C)OC(C)OC(C)OCC)C(=O)O. The van der Waals surface area contributed by atoms with Crippen molar-refractivity contribution in [3.05, 3.63) is 12.3 Å². The first-order valence-electron chi connectivity index (χ1n) is 7.47. The zero-order valence-electron chi connectivity index (χ0n) is 14.6. The molecule has 8 heteroatoms. The molecular weight excluding hydrogens is 308 g/mol. The minimum absolute atomic E-state index is 0.383. The van der Waals surface area contributed by atoms with E-state index < -0.39 is 36.9 Å². The lowest BCUT2D eigenvalue weighted by Crippen LogP contribution is -2.31. The lowest BCUT2D eigenvalue weighted by molar-refractivity contribution is -0.319. The molecule has 136 valence electrons. The summed E-state index contributed by atoms with van der Waals surface area (Å²) in [7, 11) is 0. The fourth-order valence-electron chi connectivity index (χ4n) is 1.73. The molecule has 0 aromatic carbocycles. The van der Waals surface area contributed by atoms with E-state index in [0.717, 1.165) is 0 Å². The maximum atomic E-state index is 10.6. The molecule has 0 rings (SSSR count). The van der Waals surface area contributed by atoms with Crippen molar-refractivity contribution < 1.29 is 38.3 Å². The number of hydrogen-bond donors (Lipinski definition) is 1. The first-order valence-corrected chi connectivity index (χ1v) is 7.47. The molecule has 0 bridgehead atoms. The Hall–Kier alpha value is -1.19. The Morgan fingerprint density at radius 1 is 0.870 bits per heavy atom. The summed E-state index contributed by atoms with van der Waals surface area (Å²) in [6.45, 7) is 14.0. The van der Waals surface area contributed by atoms with Gasteiger partial charge < -0.3 is 33.5 Å². The number of carbonyl (C=O) groups is 1. The zero-order valence-corrected chi connectivity index (χ0v) is 14.6. The highest BCUT2D eigenvalue weighted by Crippen LogP contribution is 2.11. The molecule has 5 unspecified atom stereocenters. The van der Waals surface area contributed by atoms with Gasteiger partial charge in [-0.05, 0) is 48.1 Å². The molecule has 0 fully saturated rings. The summed E-state index contributed by atoms with van der Waals surface area (Å²) in [4.78, 5) is 10.6. The van der Waals surface area contributed by atoms with E-state index in [1.807, 2.05) is 6.92 Å². The molecular formula is C15H28O8. The Bertz CT molecular complexity index is 359. The molecule has 5 atom stereocenters. The lowest BCUT2D eigenvalue weighted by atomic mass is 10.5. The molecule has 0 aromatic heterocycles. The van der Waals surface area contributed by atoms with Crippen LogP contribution in [0.4, 0.5) is 0 Å². The van der Waals surface area contributed by atoms with Gasteiger partial charge in [-0.2, -0.15) is 0 Å². The molecule has 0 saturated carbocycles. The number of carboxylic acids is 1. The summed E-state index contributed by atoms with van der Waals surface area (Å²) in [5.74, 6) is -1.65. The van der Waals surface area contributed by atoms with Crippen LogP contribution in [0.1, 0.15) is 41.5 Å². The van der Waals surface area contributed by atoms with Gasteiger partial charge in [-0.25, -0.2) is 4.79 Å². The highest BCUT2D eigenvalue weighted by atomic mass is 16.8. The summed E-state index contributed by atoms with van der Waals surface area (Å²) < 4.78 is 31.9. The Labute approximate surface area is 137 Å². The number of carboxylic acid groups (broad SMARTS) is 1. The molecule has 0 aliphatic rings. The van der Waals surface area contributed by atoms with E-state index in [4.69, 9.17) is 33.5 Å². The average molecular weight is 336 g/mol. The fourth-order valence-corrected chi connectivity index (χ4v) is 1.73. The molecule has 0 radical (unpaired) electrons. The van der Waals surface area contributed by atoms with Crippen LogP contribution in [0.3, 0.4) is 0 Å². The third kappa shape index (κ3) is 11.1. The third-order valence-corrected chi connectivity index (χ3v) is 2.48. The average Bonchev–Trinajstić information content (AvgIpc) is 2.37. The Morgan fingerprint density at radius 2 is 1.26 bits per heavy atom. The minimum atomic E-state index is -1.25. The molecule has 0 heterocycles. The molecule has 23 heavy (non-hydrogen) atoms. The van der Waals surface area contributed by atoms with E-state index >= 15 is 0 Å². The predicted octanol–water partition coefficient (Wildman–Crippen LogP) is 2.43. The summed E-state index contributed by atoms with van der Waals surface area (Å²) >= 11 is 0. The van der Waals surface area contributed by atoms with Crippen molar-refractivity contribution in [2.24, 2.45) is 0 Å². The van der Waals surface area contributed by atoms with Crippen LogP contribution >= 0.6 is 0 Å². The van der Waals surface area contributed by atoms with Gasteiger partial charge in [-0.15, -0.1) is 0 Å². The summed E-state index contributed by atoms with van der Waals surface area (Å²) in [6, 6.07) is 0. The second-order valence-electron chi connectivity index (χ2n) is 4.68. The van der Waals surface area contributed by atoms with Crippen LogP contribution in [0.2, 0.25) is 0 Å². The van der Waals surface area contributed by atoms with Crippen LogP contribution < -0.4 is 0 Å². The van der Waals surface area contributed by atoms with Gasteiger partial charge >= 0.3 is 5.97 Å². The number of aliphatic carboxylic acids is 1. The van der Waals surface area contributed by atoms with Crippen molar-refractivity contribution in [1.82, 2.24) is 0 Å². The quantitative estimate of drug-likeness (QED) is 0.311. The predicted molar refractivity (Wildman–Crippen MR) is 81.1 cm³/mol. The van der Waals surface area contributed by atoms with E-state index in [1.165, 1.54) is 6.92 Å². The topological polar surface area (TPSA) is 92.7 Å². The normalized spacial score (nSPS) is 17.8. The van der Waals surface area contributed by atoms with Gasteiger partial charge in [0.2, 0.25) is 0 Å². The Kier molecular flexibility index (Phi) is 10.8. The molecule has 0 amide bonds. The summed E-state index contributed by atoms with van der Waals surface area (Å²) in [5.41, 5.74) is 0. The second kappa shape index (κ2) is 11.4. The Balaban J connectivity index is 4.06. The van der Waals surface area contributed by atoms with Crippen molar-refractivity contribution in [3.8, 4) is 0 Å². The zero-order chi connectivity index (χ0) is 18.0. The molecule has 1 N–H and O–H groups in total. The molecule has 0 aliphatic heterocycles. The van der Waals surface area contributed by atoms with Crippen molar-refractivity contribution in [2.75, 3.05) is 6.61 Å². The van der Waals surface area contributed by atoms with Gasteiger partial charge in [0.25, 0.3) is 0 Å². The largest absolute Gasteiger partial charge is 0.475 e. The second-order valence-corrected chi connectivity index (χ2v) is 4.68. The molecule has 0 aromatic rings. The van der Waals surface area contributed by atoms with Crippen molar-refractivity contribution in [3.63, 3.8) is 0 Å². The maximum absolute atomic E-state index is 10.6. The van der Waals surface area contributed by atoms with Crippen LogP contribution in [-0.4, -0.2) is 49.1 Å². The van der Waals surface area contributed by atoms with E-state index in [2.05, 4.69) is 6.58 Å². The van der Waals surface area contributed by atoms with Gasteiger partial charge in [0.15, 0.2) is 37.2 Å². The maximum Gasteiger partial charge on any atom is 0.370 e. The Morgan fingerprint density at radius 3 is 1.65 bits per heavy atom. The van der Waals surface area contributed by atoms with Gasteiger partial charge in [0.1, 0.15) is 0 Å². The van der Waals surface area contributed by atoms with Crippen LogP contribution in [0.5, 0.6) is 0 Å². The number of ether oxygens (including phenoxy) is 6. The van der Waals surface area contributed by atoms with Crippen LogP contribution in [0, 0.1) is 0 Å². The smallest absolute Gasteiger partial charge is 0.370 e. The van der Waals surface area contributed by atoms with Crippen LogP contribution in [0.25, 0.3) is 0 Å². The first-order chi connectivity index (χ1) is 10.6. The summed E-state index contributed by atoms with van der Waals surface area (Å²) in [5, 5.41) is 8.66. The fraction of sp³-hybridized carbons (Fsp3) is 0.800. The minimum Gasteiger partial charge on any atom is -0.475 e. The monoisotopic (exact) mass is 336 g/mol.